The van der Waals surface area contributed by atoms with Crippen molar-refractivity contribution in [3.8, 4) is 34.7 Å². The fraction of sp³-hybridized carbons (Fsp3) is 0.360. The van der Waals surface area contributed by atoms with Gasteiger partial charge in [0.2, 0.25) is 11.7 Å². The number of aliphatic hydroxyl groups excluding tert-OH is 1. The van der Waals surface area contributed by atoms with Gasteiger partial charge in [0.05, 0.1) is 24.3 Å². The standard InChI is InChI=1S/C25H22N4O4/c26-13-16-10-14(4-7-21(16)32-17-5-6-17)25-27-24(28-33-25)19-3-1-2-18-20(19)11-15-12-22(31)29(8-9-30)23(15)18/h1-4,7,10,15,17,23,30H,5-6,8-9,11-12H2/t15-,23+/m1/s1. The number of amides is 1. The third-order valence-corrected chi connectivity index (χ3v) is 6.71. The highest BCUT2D eigenvalue weighted by atomic mass is 16.5. The lowest BCUT2D eigenvalue weighted by atomic mass is 10.0. The third-order valence-electron chi connectivity index (χ3n) is 6.71. The Hall–Kier alpha value is -3.70. The highest BCUT2D eigenvalue weighted by molar-refractivity contribution is 5.81. The van der Waals surface area contributed by atoms with E-state index >= 15 is 0 Å². The van der Waals surface area contributed by atoms with E-state index in [2.05, 4.69) is 16.2 Å². The summed E-state index contributed by atoms with van der Waals surface area (Å²) in [6, 6.07) is 13.5. The van der Waals surface area contributed by atoms with E-state index in [1.165, 1.54) is 0 Å². The van der Waals surface area contributed by atoms with Crippen molar-refractivity contribution in [1.29, 1.82) is 5.26 Å². The maximum atomic E-state index is 12.4. The fourth-order valence-corrected chi connectivity index (χ4v) is 5.09. The van der Waals surface area contributed by atoms with E-state index in [9.17, 15) is 15.2 Å². The molecule has 0 radical (unpaired) electrons. The van der Waals surface area contributed by atoms with Gasteiger partial charge in [-0.2, -0.15) is 10.2 Å². The summed E-state index contributed by atoms with van der Waals surface area (Å²) in [6.07, 6.45) is 3.51. The molecule has 2 fully saturated rings. The molecule has 2 heterocycles. The van der Waals surface area contributed by atoms with Gasteiger partial charge in [-0.3, -0.25) is 4.79 Å². The number of benzene rings is 2. The highest BCUT2D eigenvalue weighted by Gasteiger charge is 2.46. The SMILES string of the molecule is N#Cc1cc(-c2nc(-c3cccc4c3C[C@@H]3CC(=O)N(CCO)[C@H]43)no2)ccc1OC1CC1. The average Bonchev–Trinajstić information content (AvgIpc) is 3.25. The Bertz CT molecular complexity index is 1290. The monoisotopic (exact) mass is 442 g/mol. The van der Waals surface area contributed by atoms with Crippen LogP contribution < -0.4 is 4.74 Å². The molecule has 1 amide bonds. The van der Waals surface area contributed by atoms with Crippen molar-refractivity contribution in [1.82, 2.24) is 15.0 Å². The van der Waals surface area contributed by atoms with E-state index in [1.807, 2.05) is 24.3 Å². The lowest BCUT2D eigenvalue weighted by Crippen LogP contribution is -2.30. The largest absolute Gasteiger partial charge is 0.489 e. The lowest BCUT2D eigenvalue weighted by Gasteiger charge is -2.24. The van der Waals surface area contributed by atoms with Crippen molar-refractivity contribution in [2.45, 2.75) is 37.8 Å². The van der Waals surface area contributed by atoms with E-state index in [-0.39, 0.29) is 30.6 Å². The van der Waals surface area contributed by atoms with E-state index in [4.69, 9.17) is 9.26 Å². The first-order valence-corrected chi connectivity index (χ1v) is 11.2. The van der Waals surface area contributed by atoms with Crippen molar-refractivity contribution in [3.05, 3.63) is 53.1 Å². The van der Waals surface area contributed by atoms with E-state index in [1.54, 1.807) is 17.0 Å². The Morgan fingerprint density at radius 1 is 1.24 bits per heavy atom. The van der Waals surface area contributed by atoms with Gasteiger partial charge in [0.1, 0.15) is 11.8 Å². The topological polar surface area (TPSA) is 112 Å². The molecule has 6 rings (SSSR count). The molecule has 8 heteroatoms. The normalized spacial score (nSPS) is 21.1. The molecule has 166 valence electrons. The van der Waals surface area contributed by atoms with Crippen LogP contribution in [0.1, 0.15) is 42.0 Å². The van der Waals surface area contributed by atoms with Gasteiger partial charge in [0.15, 0.2) is 0 Å². The Morgan fingerprint density at radius 3 is 2.91 bits per heavy atom. The van der Waals surface area contributed by atoms with Crippen LogP contribution >= 0.6 is 0 Å². The minimum absolute atomic E-state index is 0.0110. The van der Waals surface area contributed by atoms with Crippen molar-refractivity contribution in [2.75, 3.05) is 13.2 Å². The van der Waals surface area contributed by atoms with Gasteiger partial charge in [0.25, 0.3) is 5.89 Å². The second-order valence-corrected chi connectivity index (χ2v) is 8.86. The zero-order valence-corrected chi connectivity index (χ0v) is 17.9. The summed E-state index contributed by atoms with van der Waals surface area (Å²) in [4.78, 5) is 18.8. The third kappa shape index (κ3) is 3.36. The number of β-amino-alcohol motifs (C(OH)–C–C–N with tert-alkyl or cyclic N) is 1. The summed E-state index contributed by atoms with van der Waals surface area (Å²) in [5, 5.41) is 23.2. The van der Waals surface area contributed by atoms with E-state index in [0.29, 0.717) is 41.6 Å². The maximum absolute atomic E-state index is 12.4. The molecule has 2 aliphatic carbocycles. The molecule has 3 aromatic rings. The van der Waals surface area contributed by atoms with Crippen molar-refractivity contribution in [2.24, 2.45) is 5.92 Å². The molecule has 1 saturated carbocycles. The molecule has 0 unspecified atom stereocenters. The first kappa shape index (κ1) is 19.9. The molecule has 8 nitrogen and oxygen atoms in total. The summed E-state index contributed by atoms with van der Waals surface area (Å²) in [5.74, 6) is 1.70. The highest BCUT2D eigenvalue weighted by Crippen LogP contribution is 2.49. The summed E-state index contributed by atoms with van der Waals surface area (Å²) in [7, 11) is 0. The molecular weight excluding hydrogens is 420 g/mol. The fourth-order valence-electron chi connectivity index (χ4n) is 5.09. The first-order chi connectivity index (χ1) is 16.2. The van der Waals surface area contributed by atoms with Crippen LogP contribution in [0.15, 0.2) is 40.9 Å². The number of aromatic nitrogens is 2. The van der Waals surface area contributed by atoms with Crippen molar-refractivity contribution in [3.63, 3.8) is 0 Å². The number of carbonyl (C=O) groups excluding carboxylic acids is 1. The molecule has 1 N–H and O–H groups in total. The number of aliphatic hydroxyl groups is 1. The second kappa shape index (κ2) is 7.71. The molecule has 33 heavy (non-hydrogen) atoms. The van der Waals surface area contributed by atoms with Crippen LogP contribution in [0.4, 0.5) is 0 Å². The number of nitriles is 1. The number of hydrogen-bond donors (Lipinski definition) is 1. The minimum atomic E-state index is -0.0483. The molecule has 1 saturated heterocycles. The van der Waals surface area contributed by atoms with Gasteiger partial charge in [-0.15, -0.1) is 0 Å². The quantitative estimate of drug-likeness (QED) is 0.623. The Morgan fingerprint density at radius 2 is 2.12 bits per heavy atom. The van der Waals surface area contributed by atoms with E-state index in [0.717, 1.165) is 36.0 Å². The molecule has 3 aliphatic rings. The molecule has 0 bridgehead atoms. The van der Waals surface area contributed by atoms with Gasteiger partial charge in [-0.1, -0.05) is 23.4 Å². The average molecular weight is 442 g/mol. The summed E-state index contributed by atoms with van der Waals surface area (Å²) in [5.41, 5.74) is 4.22. The van der Waals surface area contributed by atoms with Gasteiger partial charge in [-0.25, -0.2) is 0 Å². The maximum Gasteiger partial charge on any atom is 0.258 e. The van der Waals surface area contributed by atoms with Gasteiger partial charge < -0.3 is 19.3 Å². The minimum Gasteiger partial charge on any atom is -0.489 e. The number of ether oxygens (including phenoxy) is 1. The predicted octanol–water partition coefficient (Wildman–Crippen LogP) is 3.25. The van der Waals surface area contributed by atoms with Crippen LogP contribution in [-0.2, 0) is 11.2 Å². The molecule has 1 aromatic heterocycles. The summed E-state index contributed by atoms with van der Waals surface area (Å²) in [6.45, 7) is 0.297. The molecule has 0 spiro atoms. The van der Waals surface area contributed by atoms with Crippen LogP contribution in [0.5, 0.6) is 5.75 Å². The number of hydrogen-bond acceptors (Lipinski definition) is 7. The zero-order chi connectivity index (χ0) is 22.5. The second-order valence-electron chi connectivity index (χ2n) is 8.86. The number of carbonyl (C=O) groups is 1. The van der Waals surface area contributed by atoms with Gasteiger partial charge >= 0.3 is 0 Å². The molecule has 1 aliphatic heterocycles. The lowest BCUT2D eigenvalue weighted by molar-refractivity contribution is -0.129. The predicted molar refractivity (Wildman–Crippen MR) is 117 cm³/mol. The molecule has 2 aromatic carbocycles. The van der Waals surface area contributed by atoms with E-state index < -0.39 is 0 Å². The first-order valence-electron chi connectivity index (χ1n) is 11.2. The van der Waals surface area contributed by atoms with Crippen molar-refractivity contribution >= 4 is 5.91 Å². The number of likely N-dealkylation sites (tertiary alicyclic amines) is 1. The van der Waals surface area contributed by atoms with Crippen LogP contribution in [0.25, 0.3) is 22.8 Å². The smallest absolute Gasteiger partial charge is 0.258 e. The van der Waals surface area contributed by atoms with Crippen LogP contribution in [-0.4, -0.2) is 45.3 Å². The Kier molecular flexibility index (Phi) is 4.66. The van der Waals surface area contributed by atoms with Gasteiger partial charge in [0, 0.05) is 24.1 Å². The number of rotatable bonds is 6. The summed E-state index contributed by atoms with van der Waals surface area (Å²) >= 11 is 0. The molecule has 2 atom stereocenters. The number of nitrogens with zero attached hydrogens (tertiary/aromatic N) is 4. The summed E-state index contributed by atoms with van der Waals surface area (Å²) < 4.78 is 11.4. The van der Waals surface area contributed by atoms with Gasteiger partial charge in [-0.05, 0) is 54.5 Å². The number of fused-ring (bicyclic) bond motifs is 3. The Balaban J connectivity index is 1.32. The Labute approximate surface area is 190 Å². The van der Waals surface area contributed by atoms with Crippen LogP contribution in [0.2, 0.25) is 0 Å². The van der Waals surface area contributed by atoms with Crippen molar-refractivity contribution < 1.29 is 19.2 Å². The molecular formula is C25H22N4O4. The van der Waals surface area contributed by atoms with Crippen LogP contribution in [0, 0.1) is 17.2 Å². The zero-order valence-electron chi connectivity index (χ0n) is 17.9. The van der Waals surface area contributed by atoms with Crippen LogP contribution in [0.3, 0.4) is 0 Å².